The Balaban J connectivity index is 2.78. The van der Waals surface area contributed by atoms with Gasteiger partial charge < -0.3 is 14.1 Å². The van der Waals surface area contributed by atoms with Crippen LogP contribution < -0.4 is 5.01 Å². The Kier molecular flexibility index (Phi) is 4.09. The summed E-state index contributed by atoms with van der Waals surface area (Å²) in [5.74, 6) is -0.0609. The Labute approximate surface area is 123 Å². The molecule has 1 heterocycles. The molecule has 1 aromatic carbocycles. The lowest BCUT2D eigenvalue weighted by molar-refractivity contribution is 0.463. The van der Waals surface area contributed by atoms with Crippen molar-refractivity contribution in [3.8, 4) is 11.4 Å². The predicted octanol–water partition coefficient (Wildman–Crippen LogP) is -0.715. The van der Waals surface area contributed by atoms with E-state index in [1.165, 1.54) is 37.3 Å². The molecule has 2 rings (SSSR count). The Morgan fingerprint density at radius 1 is 1.24 bits per heavy atom. The summed E-state index contributed by atoms with van der Waals surface area (Å²) in [5, 5.41) is 8.14. The van der Waals surface area contributed by atoms with Crippen molar-refractivity contribution in [1.29, 1.82) is 0 Å². The maximum Gasteiger partial charge on any atom is 0.227 e. The van der Waals surface area contributed by atoms with Gasteiger partial charge in [0.1, 0.15) is 10.1 Å². The van der Waals surface area contributed by atoms with Crippen LogP contribution in [0.3, 0.4) is 0 Å². The van der Waals surface area contributed by atoms with E-state index in [9.17, 15) is 21.7 Å². The first-order valence-corrected chi connectivity index (χ1v) is 7.99. The van der Waals surface area contributed by atoms with Gasteiger partial charge in [-0.15, -0.1) is 10.2 Å². The molecular weight excluding hydrogens is 320 g/mol. The molecule has 114 valence electrons. The van der Waals surface area contributed by atoms with Crippen LogP contribution in [0.4, 0.5) is 0 Å². The lowest BCUT2D eigenvalue weighted by atomic mass is 10.2. The van der Waals surface area contributed by atoms with Crippen LogP contribution in [0.2, 0.25) is 0 Å². The third-order valence-electron chi connectivity index (χ3n) is 2.56. The van der Waals surface area contributed by atoms with Gasteiger partial charge in [-0.1, -0.05) is 12.1 Å². The second-order valence-corrected chi connectivity index (χ2v) is 6.33. The minimum atomic E-state index is -4.74. The zero-order chi connectivity index (χ0) is 15.8. The van der Waals surface area contributed by atoms with Crippen molar-refractivity contribution < 1.29 is 21.7 Å². The van der Waals surface area contributed by atoms with Gasteiger partial charge in [0, 0.05) is 30.7 Å². The molecule has 0 saturated carbocycles. The van der Waals surface area contributed by atoms with Crippen molar-refractivity contribution in [2.45, 2.75) is 10.1 Å². The summed E-state index contributed by atoms with van der Waals surface area (Å²) in [7, 11) is -1.69. The Morgan fingerprint density at radius 2 is 1.86 bits per heavy atom. The van der Waals surface area contributed by atoms with Gasteiger partial charge in [0.25, 0.3) is 0 Å². The summed E-state index contributed by atoms with van der Waals surface area (Å²) in [6.45, 7) is 0. The Bertz CT molecular complexity index is 800. The van der Waals surface area contributed by atoms with Crippen molar-refractivity contribution in [2.75, 3.05) is 19.1 Å². The Hall–Kier alpha value is -1.82. The molecule has 0 saturated heterocycles. The molecule has 0 aliphatic heterocycles. The molecule has 0 amide bonds. The molecule has 21 heavy (non-hydrogen) atoms. The highest BCUT2D eigenvalue weighted by molar-refractivity contribution is 7.85. The van der Waals surface area contributed by atoms with E-state index in [4.69, 9.17) is 0 Å². The summed E-state index contributed by atoms with van der Waals surface area (Å²) in [6, 6.07) is 5.37. The molecule has 1 aromatic heterocycles. The fourth-order valence-corrected chi connectivity index (χ4v) is 2.94. The fourth-order valence-electron chi connectivity index (χ4n) is 1.77. The molecule has 0 aliphatic carbocycles. The van der Waals surface area contributed by atoms with Crippen molar-refractivity contribution in [3.05, 3.63) is 24.3 Å². The van der Waals surface area contributed by atoms with Gasteiger partial charge in [0.2, 0.25) is 5.16 Å². The SMILES string of the molecule is CN(C)n1c(-c2ccccc2S(=O)(=O)[O-])nnc1S(=O)[O-]. The molecule has 9 nitrogen and oxygen atoms in total. The van der Waals surface area contributed by atoms with E-state index in [2.05, 4.69) is 10.2 Å². The number of rotatable bonds is 4. The highest BCUT2D eigenvalue weighted by Gasteiger charge is 2.20. The van der Waals surface area contributed by atoms with Crippen LogP contribution in [0, 0.1) is 0 Å². The quantitative estimate of drug-likeness (QED) is 0.530. The molecule has 0 fully saturated rings. The lowest BCUT2D eigenvalue weighted by Crippen LogP contribution is -2.28. The average Bonchev–Trinajstić information content (AvgIpc) is 2.82. The van der Waals surface area contributed by atoms with Gasteiger partial charge in [-0.2, -0.15) is 0 Å². The lowest BCUT2D eigenvalue weighted by Gasteiger charge is -2.20. The zero-order valence-corrected chi connectivity index (χ0v) is 12.6. The highest BCUT2D eigenvalue weighted by Crippen LogP contribution is 2.26. The zero-order valence-electron chi connectivity index (χ0n) is 11.0. The molecular formula is C10H10N4O5S2-2. The fraction of sp³-hybridized carbons (Fsp3) is 0.200. The molecule has 11 heteroatoms. The van der Waals surface area contributed by atoms with Gasteiger partial charge in [-0.3, -0.25) is 4.21 Å². The smallest absolute Gasteiger partial charge is 0.227 e. The van der Waals surface area contributed by atoms with Gasteiger partial charge in [-0.25, -0.2) is 13.1 Å². The number of aromatic nitrogens is 3. The minimum absolute atomic E-state index is 0.0228. The molecule has 0 radical (unpaired) electrons. The molecule has 0 spiro atoms. The topological polar surface area (TPSA) is 131 Å². The second-order valence-electron chi connectivity index (χ2n) is 4.15. The summed E-state index contributed by atoms with van der Waals surface area (Å²) in [5.41, 5.74) is -0.0228. The van der Waals surface area contributed by atoms with E-state index in [0.717, 1.165) is 10.7 Å². The first-order valence-electron chi connectivity index (χ1n) is 5.51. The van der Waals surface area contributed by atoms with E-state index in [1.807, 2.05) is 0 Å². The van der Waals surface area contributed by atoms with Crippen LogP contribution in [-0.2, 0) is 21.2 Å². The van der Waals surface area contributed by atoms with Crippen molar-refractivity contribution >= 4 is 21.2 Å². The number of benzene rings is 1. The van der Waals surface area contributed by atoms with Crippen LogP contribution in [0.5, 0.6) is 0 Å². The maximum absolute atomic E-state index is 11.3. The Morgan fingerprint density at radius 3 is 2.38 bits per heavy atom. The normalized spacial score (nSPS) is 13.1. The predicted molar refractivity (Wildman–Crippen MR) is 70.7 cm³/mol. The standard InChI is InChI=1S/C10H12N4O5S2/c1-13(2)14-9(11-12-10(14)20(15)16)7-5-3-4-6-8(7)21(17,18)19/h3-6H,1-2H3,(H,15,16)(H,17,18,19)/p-2. The van der Waals surface area contributed by atoms with Crippen molar-refractivity contribution in [3.63, 3.8) is 0 Å². The third kappa shape index (κ3) is 2.95. The van der Waals surface area contributed by atoms with E-state index in [1.54, 1.807) is 0 Å². The first-order chi connectivity index (χ1) is 9.73. The summed E-state index contributed by atoms with van der Waals surface area (Å²) < 4.78 is 57.2. The van der Waals surface area contributed by atoms with Crippen molar-refractivity contribution in [1.82, 2.24) is 14.9 Å². The summed E-state index contributed by atoms with van der Waals surface area (Å²) >= 11 is -2.67. The number of hydrogen-bond acceptors (Lipinski definition) is 8. The summed E-state index contributed by atoms with van der Waals surface area (Å²) in [4.78, 5) is -0.497. The van der Waals surface area contributed by atoms with Gasteiger partial charge >= 0.3 is 0 Å². The van der Waals surface area contributed by atoms with Gasteiger partial charge in [0.15, 0.2) is 5.82 Å². The molecule has 2 aromatic rings. The minimum Gasteiger partial charge on any atom is -0.766 e. The van der Waals surface area contributed by atoms with Gasteiger partial charge in [-0.05, 0) is 12.1 Å². The van der Waals surface area contributed by atoms with Crippen LogP contribution in [0.1, 0.15) is 0 Å². The monoisotopic (exact) mass is 330 g/mol. The van der Waals surface area contributed by atoms with Crippen molar-refractivity contribution in [2.24, 2.45) is 0 Å². The first kappa shape index (κ1) is 15.6. The van der Waals surface area contributed by atoms with E-state index in [-0.39, 0.29) is 11.4 Å². The molecule has 1 unspecified atom stereocenters. The van der Waals surface area contributed by atoms with Crippen LogP contribution >= 0.6 is 0 Å². The van der Waals surface area contributed by atoms with E-state index in [0.29, 0.717) is 0 Å². The van der Waals surface area contributed by atoms with E-state index < -0.39 is 31.3 Å². The van der Waals surface area contributed by atoms with Gasteiger partial charge in [0.05, 0.1) is 4.90 Å². The number of nitrogens with zero attached hydrogens (tertiary/aromatic N) is 4. The van der Waals surface area contributed by atoms with E-state index >= 15 is 0 Å². The molecule has 0 aliphatic rings. The van der Waals surface area contributed by atoms with Crippen LogP contribution in [0.25, 0.3) is 11.4 Å². The average molecular weight is 330 g/mol. The maximum atomic E-state index is 11.3. The highest BCUT2D eigenvalue weighted by atomic mass is 32.2. The largest absolute Gasteiger partial charge is 0.766 e. The number of hydrogen-bond donors (Lipinski definition) is 0. The molecule has 0 N–H and O–H groups in total. The summed E-state index contributed by atoms with van der Waals surface area (Å²) in [6.07, 6.45) is 0. The van der Waals surface area contributed by atoms with Crippen LogP contribution in [-0.4, -0.2) is 50.7 Å². The third-order valence-corrected chi connectivity index (χ3v) is 4.01. The molecule has 0 bridgehead atoms. The van der Waals surface area contributed by atoms with Crippen LogP contribution in [0.15, 0.2) is 34.3 Å². The second kappa shape index (κ2) is 5.52. The molecule has 1 atom stereocenters.